The molecule has 1 aromatic rings. The highest BCUT2D eigenvalue weighted by molar-refractivity contribution is 7.99. The zero-order valence-electron chi connectivity index (χ0n) is 18.2. The van der Waals surface area contributed by atoms with Crippen molar-refractivity contribution in [2.75, 3.05) is 25.6 Å². The van der Waals surface area contributed by atoms with Crippen LogP contribution in [0.3, 0.4) is 0 Å². The second-order valence-corrected chi connectivity index (χ2v) is 9.16. The molecule has 2 N–H and O–H groups in total. The number of aromatic nitrogens is 4. The molecular weight excluding hydrogens is 442 g/mol. The number of imidazole rings is 1. The van der Waals surface area contributed by atoms with Crippen LogP contribution >= 0.6 is 11.8 Å². The number of carbonyl (C=O) groups is 1. The third-order valence-corrected chi connectivity index (χ3v) is 7.03. The molecule has 1 saturated heterocycles. The van der Waals surface area contributed by atoms with E-state index in [-0.39, 0.29) is 12.7 Å². The molecule has 10 nitrogen and oxygen atoms in total. The normalized spacial score (nSPS) is 15.7. The Morgan fingerprint density at radius 3 is 2.76 bits per heavy atom. The van der Waals surface area contributed by atoms with E-state index in [1.807, 2.05) is 9.47 Å². The number of likely N-dealkylation sites (tertiary alicyclic amines) is 1. The van der Waals surface area contributed by atoms with Gasteiger partial charge in [0.1, 0.15) is 6.07 Å². The molecular formula is C22H23N7O3S. The smallest absolute Gasteiger partial charge is 0.231 e. The summed E-state index contributed by atoms with van der Waals surface area (Å²) in [7, 11) is 0. The van der Waals surface area contributed by atoms with Crippen LogP contribution in [-0.2, 0) is 11.3 Å². The van der Waals surface area contributed by atoms with Crippen molar-refractivity contribution in [3.8, 4) is 29.1 Å². The Bertz CT molecular complexity index is 1210. The Labute approximate surface area is 195 Å². The molecule has 1 fully saturated rings. The fourth-order valence-corrected chi connectivity index (χ4v) is 5.04. The average molecular weight is 466 g/mol. The molecule has 33 heavy (non-hydrogen) atoms. The first-order valence-electron chi connectivity index (χ1n) is 10.8. The number of ether oxygens (including phenoxy) is 2. The van der Waals surface area contributed by atoms with Gasteiger partial charge in [-0.2, -0.15) is 5.26 Å². The maximum atomic E-state index is 11.5. The van der Waals surface area contributed by atoms with Gasteiger partial charge in [0.05, 0.1) is 11.9 Å². The number of nitrogens with zero attached hydrogens (tertiary/aromatic N) is 6. The van der Waals surface area contributed by atoms with Gasteiger partial charge >= 0.3 is 0 Å². The molecule has 5 rings (SSSR count). The summed E-state index contributed by atoms with van der Waals surface area (Å²) in [6.45, 7) is 4.13. The lowest BCUT2D eigenvalue weighted by atomic mass is 9.93. The van der Waals surface area contributed by atoms with E-state index in [1.54, 1.807) is 25.4 Å². The van der Waals surface area contributed by atoms with E-state index < -0.39 is 0 Å². The van der Waals surface area contributed by atoms with Gasteiger partial charge in [0.15, 0.2) is 34.0 Å². The summed E-state index contributed by atoms with van der Waals surface area (Å²) in [5.41, 5.74) is 7.10. The van der Waals surface area contributed by atoms with Gasteiger partial charge in [-0.1, -0.05) is 0 Å². The van der Waals surface area contributed by atoms with E-state index in [0.29, 0.717) is 50.4 Å². The van der Waals surface area contributed by atoms with Gasteiger partial charge in [0.25, 0.3) is 0 Å². The summed E-state index contributed by atoms with van der Waals surface area (Å²) in [5.74, 6) is 2.84. The van der Waals surface area contributed by atoms with Crippen LogP contribution in [0.1, 0.15) is 31.7 Å². The van der Waals surface area contributed by atoms with E-state index in [9.17, 15) is 10.1 Å². The minimum Gasteiger partial charge on any atom is -0.454 e. The molecule has 0 spiro atoms. The lowest BCUT2D eigenvalue weighted by molar-refractivity contribution is -0.130. The van der Waals surface area contributed by atoms with Crippen LogP contribution in [-0.4, -0.2) is 50.2 Å². The van der Waals surface area contributed by atoms with Gasteiger partial charge in [-0.05, 0) is 43.0 Å². The number of aryl methyl sites for hydroxylation is 1. The number of hydrogen-bond donors (Lipinski definition) is 1. The van der Waals surface area contributed by atoms with Crippen LogP contribution in [0.5, 0.6) is 11.5 Å². The molecule has 1 amide bonds. The number of amides is 1. The highest BCUT2D eigenvalue weighted by Crippen LogP contribution is 2.41. The number of nitrogen functional groups attached to an aromatic ring is 1. The van der Waals surface area contributed by atoms with E-state index >= 15 is 0 Å². The van der Waals surface area contributed by atoms with E-state index in [2.05, 4.69) is 16.0 Å². The second kappa shape index (κ2) is 8.78. The van der Waals surface area contributed by atoms with Crippen molar-refractivity contribution in [2.24, 2.45) is 5.92 Å². The van der Waals surface area contributed by atoms with E-state index in [1.165, 1.54) is 11.8 Å². The van der Waals surface area contributed by atoms with Crippen LogP contribution in [0.25, 0.3) is 11.5 Å². The fourth-order valence-electron chi connectivity index (χ4n) is 4.19. The standard InChI is InChI=1S/C22H23N7O3S/c1-13(30)28-5-2-14(3-6-28)4-7-29-11-25-20(24)19-21(29)27-22(26-19)33-18-9-17-16(31-12-32-17)8-15(18)10-23/h8-9,11,14H,2-7,12,24H2,1H3. The summed E-state index contributed by atoms with van der Waals surface area (Å²) >= 11 is 1.28. The minimum absolute atomic E-state index is 0.140. The molecule has 11 heteroatoms. The Kier molecular flexibility index (Phi) is 5.68. The minimum atomic E-state index is 0.140. The summed E-state index contributed by atoms with van der Waals surface area (Å²) in [5, 5.41) is 10.0. The Balaban J connectivity index is 1.34. The zero-order valence-corrected chi connectivity index (χ0v) is 19.0. The number of nitrogens with two attached hydrogens (primary N) is 1. The van der Waals surface area contributed by atoms with Crippen LogP contribution in [0.4, 0.5) is 5.82 Å². The monoisotopic (exact) mass is 465 g/mol. The molecule has 170 valence electrons. The van der Waals surface area contributed by atoms with Gasteiger partial charge in [-0.25, -0.2) is 15.0 Å². The van der Waals surface area contributed by atoms with Gasteiger partial charge in [-0.15, -0.1) is 0 Å². The van der Waals surface area contributed by atoms with Crippen molar-refractivity contribution in [2.45, 2.75) is 42.8 Å². The SMILES string of the molecule is CC(=O)N1CCC(CCn2cnc(N)c3nc(Sc4cc5c(cc4C#N)OCO5)nc2-3)CC1. The van der Waals surface area contributed by atoms with Crippen molar-refractivity contribution in [1.82, 2.24) is 24.4 Å². The number of nitriles is 1. The Hall–Kier alpha value is -3.52. The summed E-state index contributed by atoms with van der Waals surface area (Å²) in [6.07, 6.45) is 4.67. The molecule has 0 radical (unpaired) electrons. The highest BCUT2D eigenvalue weighted by Gasteiger charge is 2.24. The van der Waals surface area contributed by atoms with Gasteiger partial charge in [0, 0.05) is 37.5 Å². The number of carbonyl (C=O) groups excluding carboxylic acids is 1. The Morgan fingerprint density at radius 1 is 1.27 bits per heavy atom. The van der Waals surface area contributed by atoms with Gasteiger partial charge in [0.2, 0.25) is 12.7 Å². The van der Waals surface area contributed by atoms with Crippen molar-refractivity contribution >= 4 is 23.5 Å². The van der Waals surface area contributed by atoms with Crippen LogP contribution in [0.2, 0.25) is 0 Å². The van der Waals surface area contributed by atoms with Crippen molar-refractivity contribution < 1.29 is 14.3 Å². The maximum Gasteiger partial charge on any atom is 0.231 e. The second-order valence-electron chi connectivity index (χ2n) is 8.16. The van der Waals surface area contributed by atoms with Crippen LogP contribution in [0, 0.1) is 17.2 Å². The van der Waals surface area contributed by atoms with Gasteiger partial charge < -0.3 is 24.7 Å². The molecule has 0 bridgehead atoms. The first-order valence-corrected chi connectivity index (χ1v) is 11.6. The Morgan fingerprint density at radius 2 is 2.03 bits per heavy atom. The summed E-state index contributed by atoms with van der Waals surface area (Å²) in [6, 6.07) is 5.63. The van der Waals surface area contributed by atoms with Crippen LogP contribution in [0.15, 0.2) is 28.5 Å². The quantitative estimate of drug-likeness (QED) is 0.604. The molecule has 0 aromatic heterocycles. The first-order chi connectivity index (χ1) is 16.0. The molecule has 0 saturated carbocycles. The third kappa shape index (κ3) is 4.26. The average Bonchev–Trinajstić information content (AvgIpc) is 3.45. The number of piperidine rings is 1. The molecule has 4 heterocycles. The molecule has 0 unspecified atom stereocenters. The number of benzene rings is 1. The number of anilines is 1. The van der Waals surface area contributed by atoms with Crippen molar-refractivity contribution in [3.63, 3.8) is 0 Å². The van der Waals surface area contributed by atoms with E-state index in [0.717, 1.165) is 38.9 Å². The lowest BCUT2D eigenvalue weighted by Crippen LogP contribution is -2.37. The van der Waals surface area contributed by atoms with Crippen molar-refractivity contribution in [3.05, 3.63) is 24.0 Å². The molecule has 0 aliphatic carbocycles. The first kappa shape index (κ1) is 21.3. The fraction of sp³-hybridized carbons (Fsp3) is 0.409. The molecule has 4 aliphatic rings. The summed E-state index contributed by atoms with van der Waals surface area (Å²) in [4.78, 5) is 27.7. The van der Waals surface area contributed by atoms with E-state index in [4.69, 9.17) is 20.2 Å². The largest absolute Gasteiger partial charge is 0.454 e. The maximum absolute atomic E-state index is 11.5. The van der Waals surface area contributed by atoms with Crippen molar-refractivity contribution in [1.29, 1.82) is 5.26 Å². The topological polar surface area (TPSA) is 132 Å². The van der Waals surface area contributed by atoms with Crippen LogP contribution < -0.4 is 15.2 Å². The number of hydrogen-bond acceptors (Lipinski definition) is 9. The number of fused-ring (bicyclic) bond motifs is 2. The predicted molar refractivity (Wildman–Crippen MR) is 120 cm³/mol. The number of rotatable bonds is 5. The molecule has 1 aromatic carbocycles. The predicted octanol–water partition coefficient (Wildman–Crippen LogP) is 2.76. The molecule has 4 aliphatic heterocycles. The lowest BCUT2D eigenvalue weighted by Gasteiger charge is -2.31. The third-order valence-electron chi connectivity index (χ3n) is 6.11. The summed E-state index contributed by atoms with van der Waals surface area (Å²) < 4.78 is 12.8. The molecule has 0 atom stereocenters. The van der Waals surface area contributed by atoms with Gasteiger partial charge in [-0.3, -0.25) is 4.79 Å². The highest BCUT2D eigenvalue weighted by atomic mass is 32.2. The zero-order chi connectivity index (χ0) is 22.9.